The predicted octanol–water partition coefficient (Wildman–Crippen LogP) is 2.30. The average molecular weight is 353 g/mol. The zero-order valence-electron chi connectivity index (χ0n) is 14.1. The van der Waals surface area contributed by atoms with Gasteiger partial charge in [0.1, 0.15) is 25.2 Å². The minimum absolute atomic E-state index is 0.0650. The van der Waals surface area contributed by atoms with Crippen LogP contribution in [0.1, 0.15) is 5.56 Å². The summed E-state index contributed by atoms with van der Waals surface area (Å²) in [5.41, 5.74) is 0.981. The number of hydrogen-bond acceptors (Lipinski definition) is 9. The first-order valence-corrected chi connectivity index (χ1v) is 7.41. The van der Waals surface area contributed by atoms with Crippen LogP contribution in [0.4, 0.5) is 23.0 Å². The van der Waals surface area contributed by atoms with E-state index in [0.29, 0.717) is 11.4 Å². The number of anilines is 3. The molecule has 10 nitrogen and oxygen atoms in total. The molecule has 0 aliphatic heterocycles. The number of aromatic nitrogens is 2. The molecule has 1 aromatic carbocycles. The lowest BCUT2D eigenvalue weighted by atomic mass is 10.2. The van der Waals surface area contributed by atoms with Crippen molar-refractivity contribution >= 4 is 23.0 Å². The van der Waals surface area contributed by atoms with Crippen LogP contribution in [-0.2, 0) is 0 Å². The van der Waals surface area contributed by atoms with Gasteiger partial charge in [-0.15, -0.1) is 0 Å². The van der Waals surface area contributed by atoms with Crippen LogP contribution in [0.3, 0.4) is 0 Å². The third-order valence-corrected chi connectivity index (χ3v) is 3.42. The number of benzene rings is 1. The molecule has 132 valence electrons. The summed E-state index contributed by atoms with van der Waals surface area (Å²) in [5.74, 6) is 0.308. The number of nitro groups is 1. The Hall–Kier alpha value is -3.92. The van der Waals surface area contributed by atoms with Crippen LogP contribution in [0.5, 0.6) is 5.75 Å². The summed E-state index contributed by atoms with van der Waals surface area (Å²) < 4.78 is 5.26. The maximum Gasteiger partial charge on any atom is 0.353 e. The van der Waals surface area contributed by atoms with Crippen LogP contribution < -0.4 is 15.0 Å². The zero-order chi connectivity index (χ0) is 19.1. The van der Waals surface area contributed by atoms with Crippen molar-refractivity contribution in [3.8, 4) is 17.9 Å². The summed E-state index contributed by atoms with van der Waals surface area (Å²) in [4.78, 5) is 20.0. The lowest BCUT2D eigenvalue weighted by Gasteiger charge is -2.18. The standard InChI is InChI=1S/C16H15N7O3/c1-11-3-4-13(26-2)12(9-11)21-15-14(23(24)25)16(20-10-19-15)22(7-5-17)8-6-18/h3-4,9-10H,7-8H2,1-2H3,(H,19,20,21). The lowest BCUT2D eigenvalue weighted by Crippen LogP contribution is -2.26. The number of hydrogen-bond donors (Lipinski definition) is 1. The molecule has 0 fully saturated rings. The third kappa shape index (κ3) is 3.94. The van der Waals surface area contributed by atoms with E-state index in [9.17, 15) is 10.1 Å². The van der Waals surface area contributed by atoms with Crippen LogP contribution in [0.25, 0.3) is 0 Å². The van der Waals surface area contributed by atoms with Crippen molar-refractivity contribution in [2.45, 2.75) is 6.92 Å². The largest absolute Gasteiger partial charge is 0.495 e. The predicted molar refractivity (Wildman–Crippen MR) is 93.1 cm³/mol. The van der Waals surface area contributed by atoms with Crippen molar-refractivity contribution in [3.05, 3.63) is 40.2 Å². The van der Waals surface area contributed by atoms with E-state index in [1.165, 1.54) is 12.0 Å². The van der Waals surface area contributed by atoms with Gasteiger partial charge in [-0.25, -0.2) is 9.97 Å². The Kier molecular flexibility index (Phi) is 5.85. The van der Waals surface area contributed by atoms with E-state index in [2.05, 4.69) is 15.3 Å². The van der Waals surface area contributed by atoms with Gasteiger partial charge in [0.25, 0.3) is 0 Å². The van der Waals surface area contributed by atoms with E-state index in [1.54, 1.807) is 12.1 Å². The second-order valence-corrected chi connectivity index (χ2v) is 5.15. The van der Waals surface area contributed by atoms with Gasteiger partial charge < -0.3 is 15.0 Å². The molecule has 1 aromatic heterocycles. The fourth-order valence-electron chi connectivity index (χ4n) is 2.28. The second kappa shape index (κ2) is 8.26. The molecule has 2 rings (SSSR count). The summed E-state index contributed by atoms with van der Waals surface area (Å²) in [7, 11) is 1.48. The van der Waals surface area contributed by atoms with Gasteiger partial charge in [0.05, 0.1) is 29.9 Å². The van der Waals surface area contributed by atoms with Gasteiger partial charge >= 0.3 is 5.69 Å². The van der Waals surface area contributed by atoms with Gasteiger partial charge in [0, 0.05) is 0 Å². The monoisotopic (exact) mass is 353 g/mol. The molecular formula is C16H15N7O3. The van der Waals surface area contributed by atoms with Crippen LogP contribution in [0.2, 0.25) is 0 Å². The summed E-state index contributed by atoms with van der Waals surface area (Å²) >= 11 is 0. The number of ether oxygens (including phenoxy) is 1. The number of nitrogens with zero attached hydrogens (tertiary/aromatic N) is 6. The van der Waals surface area contributed by atoms with Crippen LogP contribution in [0.15, 0.2) is 24.5 Å². The number of methoxy groups -OCH3 is 1. The molecule has 0 radical (unpaired) electrons. The van der Waals surface area contributed by atoms with Crippen molar-refractivity contribution in [2.24, 2.45) is 0 Å². The van der Waals surface area contributed by atoms with Gasteiger partial charge in [-0.1, -0.05) is 6.07 Å². The minimum Gasteiger partial charge on any atom is -0.495 e. The Labute approximate surface area is 149 Å². The summed E-state index contributed by atoms with van der Waals surface area (Å²) in [5, 5.41) is 32.3. The molecule has 0 aliphatic rings. The highest BCUT2D eigenvalue weighted by Crippen LogP contribution is 2.36. The lowest BCUT2D eigenvalue weighted by molar-refractivity contribution is -0.383. The van der Waals surface area contributed by atoms with E-state index in [4.69, 9.17) is 15.3 Å². The van der Waals surface area contributed by atoms with Crippen molar-refractivity contribution in [3.63, 3.8) is 0 Å². The number of nitriles is 2. The molecule has 1 N–H and O–H groups in total. The molecule has 0 atom stereocenters. The van der Waals surface area contributed by atoms with E-state index < -0.39 is 10.6 Å². The quantitative estimate of drug-likeness (QED) is 0.450. The Balaban J connectivity index is 2.55. The van der Waals surface area contributed by atoms with E-state index >= 15 is 0 Å². The van der Waals surface area contributed by atoms with Crippen LogP contribution in [0, 0.1) is 39.7 Å². The van der Waals surface area contributed by atoms with Gasteiger partial charge in [0.2, 0.25) is 11.6 Å². The van der Waals surface area contributed by atoms with Crippen molar-refractivity contribution < 1.29 is 9.66 Å². The smallest absolute Gasteiger partial charge is 0.353 e. The number of aryl methyl sites for hydroxylation is 1. The Morgan fingerprint density at radius 1 is 1.31 bits per heavy atom. The topological polar surface area (TPSA) is 141 Å². The highest BCUT2D eigenvalue weighted by molar-refractivity contribution is 5.76. The van der Waals surface area contributed by atoms with E-state index in [1.807, 2.05) is 25.1 Å². The summed E-state index contributed by atoms with van der Waals surface area (Å²) in [6.45, 7) is 1.42. The molecule has 10 heteroatoms. The number of nitrogens with one attached hydrogen (secondary N) is 1. The maximum absolute atomic E-state index is 11.6. The maximum atomic E-state index is 11.6. The molecule has 0 saturated heterocycles. The molecule has 0 bridgehead atoms. The molecule has 26 heavy (non-hydrogen) atoms. The third-order valence-electron chi connectivity index (χ3n) is 3.42. The van der Waals surface area contributed by atoms with Crippen LogP contribution >= 0.6 is 0 Å². The molecular weight excluding hydrogens is 338 g/mol. The molecule has 2 aromatic rings. The fraction of sp³-hybridized carbons (Fsp3) is 0.250. The molecule has 0 aliphatic carbocycles. The Bertz CT molecular complexity index is 886. The molecule has 0 amide bonds. The highest BCUT2D eigenvalue weighted by Gasteiger charge is 2.27. The van der Waals surface area contributed by atoms with E-state index in [-0.39, 0.29) is 24.7 Å². The van der Waals surface area contributed by atoms with E-state index in [0.717, 1.165) is 11.9 Å². The SMILES string of the molecule is COc1ccc(C)cc1Nc1ncnc(N(CC#N)CC#N)c1[N+](=O)[O-]. The zero-order valence-corrected chi connectivity index (χ0v) is 14.1. The molecule has 0 saturated carbocycles. The van der Waals surface area contributed by atoms with Crippen molar-refractivity contribution in [1.29, 1.82) is 10.5 Å². The highest BCUT2D eigenvalue weighted by atomic mass is 16.6. The Morgan fingerprint density at radius 3 is 2.58 bits per heavy atom. The molecule has 0 spiro atoms. The normalized spacial score (nSPS) is 9.69. The number of rotatable bonds is 7. The minimum atomic E-state index is -0.651. The first-order chi connectivity index (χ1) is 12.5. The van der Waals surface area contributed by atoms with Gasteiger partial charge in [0.15, 0.2) is 0 Å². The van der Waals surface area contributed by atoms with Gasteiger partial charge in [-0.3, -0.25) is 10.1 Å². The Morgan fingerprint density at radius 2 is 2.00 bits per heavy atom. The fourth-order valence-corrected chi connectivity index (χ4v) is 2.28. The first-order valence-electron chi connectivity index (χ1n) is 7.41. The van der Waals surface area contributed by atoms with Crippen LogP contribution in [-0.4, -0.2) is 35.1 Å². The summed E-state index contributed by atoms with van der Waals surface area (Å²) in [6.07, 6.45) is 1.13. The summed E-state index contributed by atoms with van der Waals surface area (Å²) in [6, 6.07) is 9.05. The average Bonchev–Trinajstić information content (AvgIpc) is 2.61. The van der Waals surface area contributed by atoms with Crippen molar-refractivity contribution in [2.75, 3.05) is 30.4 Å². The van der Waals surface area contributed by atoms with Gasteiger partial charge in [-0.2, -0.15) is 10.5 Å². The first kappa shape index (κ1) is 18.4. The van der Waals surface area contributed by atoms with Gasteiger partial charge in [-0.05, 0) is 24.6 Å². The molecule has 1 heterocycles. The molecule has 0 unspecified atom stereocenters. The second-order valence-electron chi connectivity index (χ2n) is 5.15. The van der Waals surface area contributed by atoms with Crippen molar-refractivity contribution in [1.82, 2.24) is 9.97 Å².